The first kappa shape index (κ1) is 45.1. The Morgan fingerprint density at radius 3 is 1.64 bits per heavy atom. The molecule has 0 aromatic carbocycles. The van der Waals surface area contributed by atoms with Gasteiger partial charge in [-0.05, 0) is 120 Å². The van der Waals surface area contributed by atoms with E-state index >= 15 is 0 Å². The molecule has 1 saturated heterocycles. The second-order valence-electron chi connectivity index (χ2n) is 22.5. The van der Waals surface area contributed by atoms with Gasteiger partial charge in [-0.15, -0.1) is 0 Å². The van der Waals surface area contributed by atoms with Gasteiger partial charge in [-0.3, -0.25) is 14.4 Å². The zero-order valence-electron chi connectivity index (χ0n) is 38.9. The predicted molar refractivity (Wildman–Crippen MR) is 238 cm³/mol. The molecule has 10 nitrogen and oxygen atoms in total. The smallest absolute Gasteiger partial charge is 0.270 e. The molecule has 326 valence electrons. The summed E-state index contributed by atoms with van der Waals surface area (Å²) in [5, 5.41) is 13.9. The van der Waals surface area contributed by atoms with Crippen LogP contribution >= 0.6 is 0 Å². The molecule has 3 aromatic heterocycles. The van der Waals surface area contributed by atoms with Crippen LogP contribution in [0.5, 0.6) is 0 Å². The van der Waals surface area contributed by atoms with E-state index in [0.717, 1.165) is 59.6 Å². The number of ether oxygens (including phenoxy) is 1. The van der Waals surface area contributed by atoms with Crippen LogP contribution in [-0.2, 0) is 27.5 Å². The summed E-state index contributed by atoms with van der Waals surface area (Å²) in [7, 11) is 0. The van der Waals surface area contributed by atoms with E-state index in [1.807, 2.05) is 30.7 Å². The first-order valence-electron chi connectivity index (χ1n) is 23.0. The molecular weight excluding hydrogens is 737 g/mol. The van der Waals surface area contributed by atoms with Crippen LogP contribution in [0.2, 0.25) is 0 Å². The van der Waals surface area contributed by atoms with Crippen LogP contribution in [0.3, 0.4) is 0 Å². The molecule has 1 unspecified atom stereocenters. The first-order valence-corrected chi connectivity index (χ1v) is 23.0. The van der Waals surface area contributed by atoms with E-state index < -0.39 is 0 Å². The van der Waals surface area contributed by atoms with Crippen LogP contribution in [0.1, 0.15) is 231 Å². The predicted octanol–water partition coefficient (Wildman–Crippen LogP) is 10.2. The van der Waals surface area contributed by atoms with Crippen molar-refractivity contribution in [2.75, 3.05) is 6.61 Å². The SMILES string of the molecule is CC(C)(C)c1cc(C2CC2)c(=O)n(C2CCCCC2)n1.CC(C)n1nc(C2CC2)cc(C(C)(C)C)c1=O.CC1(C)CC(Cn2nc(C3CC3)cc(C(C)(C)C)c2=O)CO1. The third-order valence-electron chi connectivity index (χ3n) is 12.6. The molecule has 5 fully saturated rings. The Bertz CT molecular complexity index is 2120. The zero-order valence-corrected chi connectivity index (χ0v) is 38.9. The molecule has 0 radical (unpaired) electrons. The van der Waals surface area contributed by atoms with Crippen LogP contribution in [0.4, 0.5) is 0 Å². The van der Waals surface area contributed by atoms with E-state index in [9.17, 15) is 14.4 Å². The van der Waals surface area contributed by atoms with Crippen molar-refractivity contribution in [2.24, 2.45) is 5.92 Å². The summed E-state index contributed by atoms with van der Waals surface area (Å²) >= 11 is 0. The van der Waals surface area contributed by atoms with Crippen molar-refractivity contribution in [1.29, 1.82) is 0 Å². The Balaban J connectivity index is 0.000000150. The minimum atomic E-state index is -0.142. The number of nitrogens with zero attached hydrogens (tertiary/aromatic N) is 6. The van der Waals surface area contributed by atoms with Gasteiger partial charge >= 0.3 is 0 Å². The molecule has 1 atom stereocenters. The van der Waals surface area contributed by atoms with Crippen LogP contribution in [0.25, 0.3) is 0 Å². The van der Waals surface area contributed by atoms with E-state index in [2.05, 4.69) is 92.4 Å². The maximum Gasteiger partial charge on any atom is 0.270 e. The highest BCUT2D eigenvalue weighted by molar-refractivity contribution is 5.28. The molecule has 0 bridgehead atoms. The number of aromatic nitrogens is 6. The van der Waals surface area contributed by atoms with Crippen molar-refractivity contribution in [3.05, 3.63) is 83.0 Å². The van der Waals surface area contributed by atoms with Crippen molar-refractivity contribution in [3.63, 3.8) is 0 Å². The lowest BCUT2D eigenvalue weighted by molar-refractivity contribution is 0.0346. The number of rotatable bonds is 7. The summed E-state index contributed by atoms with van der Waals surface area (Å²) in [6.07, 6.45) is 14.2. The number of hydrogen-bond donors (Lipinski definition) is 0. The summed E-state index contributed by atoms with van der Waals surface area (Å²) in [6.45, 7) is 28.8. The van der Waals surface area contributed by atoms with E-state index in [0.29, 0.717) is 36.3 Å². The highest BCUT2D eigenvalue weighted by Gasteiger charge is 2.35. The van der Waals surface area contributed by atoms with Crippen LogP contribution in [0, 0.1) is 5.92 Å². The zero-order chi connectivity index (χ0) is 43.2. The minimum absolute atomic E-state index is 0.00770. The third kappa shape index (κ3) is 11.5. The average Bonchev–Trinajstić information content (AvgIpc) is 3.98. The molecule has 0 amide bonds. The summed E-state index contributed by atoms with van der Waals surface area (Å²) in [5.41, 5.74) is 6.09. The van der Waals surface area contributed by atoms with Crippen LogP contribution in [-0.4, -0.2) is 41.5 Å². The van der Waals surface area contributed by atoms with Gasteiger partial charge in [0.1, 0.15) is 0 Å². The van der Waals surface area contributed by atoms with Gasteiger partial charge in [-0.25, -0.2) is 14.0 Å². The molecule has 4 aliphatic carbocycles. The summed E-state index contributed by atoms with van der Waals surface area (Å²) in [4.78, 5) is 37.9. The molecule has 0 spiro atoms. The topological polar surface area (TPSA) is 114 Å². The van der Waals surface area contributed by atoms with E-state index in [1.165, 1.54) is 57.8 Å². The lowest BCUT2D eigenvalue weighted by atomic mass is 9.87. The first-order chi connectivity index (χ1) is 27.4. The van der Waals surface area contributed by atoms with Crippen molar-refractivity contribution in [3.8, 4) is 0 Å². The van der Waals surface area contributed by atoms with E-state index in [1.54, 1.807) is 9.36 Å². The molecule has 8 rings (SSSR count). The van der Waals surface area contributed by atoms with Crippen LogP contribution in [0.15, 0.2) is 32.6 Å². The van der Waals surface area contributed by atoms with Gasteiger partial charge in [0.05, 0.1) is 47.9 Å². The molecule has 0 N–H and O–H groups in total. The van der Waals surface area contributed by atoms with Crippen LogP contribution < -0.4 is 16.7 Å². The quantitative estimate of drug-likeness (QED) is 0.233. The summed E-state index contributed by atoms with van der Waals surface area (Å²) in [5.74, 6) is 2.02. The Morgan fingerprint density at radius 2 is 1.19 bits per heavy atom. The standard InChI is InChI=1S/C18H28N2O2.C17H26N2O.C14H22N2O/c1-17(2,3)14-8-15(13-6-7-13)19-20(16(14)21)10-12-9-18(4,5)22-11-12;1-17(2,3)15-11-14(12-9-10-12)16(20)19(18-15)13-7-5-4-6-8-13;1-9(2)16-13(17)11(14(3,4)5)8-12(15-16)10-6-7-10/h8,12-13H,6-7,9-11H2,1-5H3;11-13H,4-10H2,1-3H3;8-10H,6-7H2,1-5H3. The second kappa shape index (κ2) is 17.2. The third-order valence-corrected chi connectivity index (χ3v) is 12.6. The second-order valence-corrected chi connectivity index (χ2v) is 22.5. The monoisotopic (exact) mass is 813 g/mol. The van der Waals surface area contributed by atoms with Gasteiger partial charge in [-0.1, -0.05) is 81.6 Å². The fraction of sp³-hybridized carbons (Fsp3) is 0.755. The normalized spacial score (nSPS) is 21.2. The van der Waals surface area contributed by atoms with Crippen molar-refractivity contribution in [2.45, 2.75) is 225 Å². The Hall–Kier alpha value is -3.40. The molecule has 59 heavy (non-hydrogen) atoms. The lowest BCUT2D eigenvalue weighted by Crippen LogP contribution is -2.34. The fourth-order valence-corrected chi connectivity index (χ4v) is 8.48. The molecule has 4 heterocycles. The lowest BCUT2D eigenvalue weighted by Gasteiger charge is -2.26. The maximum absolute atomic E-state index is 12.8. The summed E-state index contributed by atoms with van der Waals surface area (Å²) < 4.78 is 11.0. The Kier molecular flexibility index (Phi) is 13.1. The largest absolute Gasteiger partial charge is 0.375 e. The maximum atomic E-state index is 12.8. The van der Waals surface area contributed by atoms with E-state index in [-0.39, 0.29) is 44.6 Å². The van der Waals surface area contributed by atoms with Gasteiger partial charge in [0.2, 0.25) is 0 Å². The van der Waals surface area contributed by atoms with Gasteiger partial charge < -0.3 is 4.74 Å². The summed E-state index contributed by atoms with van der Waals surface area (Å²) in [6, 6.07) is 6.61. The van der Waals surface area contributed by atoms with Crippen molar-refractivity contribution in [1.82, 2.24) is 29.3 Å². The Labute approximate surface area is 353 Å². The average molecular weight is 813 g/mol. The van der Waals surface area contributed by atoms with Crippen molar-refractivity contribution >= 4 is 0 Å². The highest BCUT2D eigenvalue weighted by atomic mass is 16.5. The molecule has 1 aliphatic heterocycles. The molecule has 3 aromatic rings. The van der Waals surface area contributed by atoms with Gasteiger partial charge in [0.25, 0.3) is 16.7 Å². The van der Waals surface area contributed by atoms with Gasteiger partial charge in [0.15, 0.2) is 0 Å². The van der Waals surface area contributed by atoms with Crippen molar-refractivity contribution < 1.29 is 4.74 Å². The molecular formula is C49H76N6O4. The number of hydrogen-bond acceptors (Lipinski definition) is 7. The molecule has 5 aliphatic rings. The minimum Gasteiger partial charge on any atom is -0.375 e. The van der Waals surface area contributed by atoms with Gasteiger partial charge in [0, 0.05) is 39.9 Å². The Morgan fingerprint density at radius 1 is 0.661 bits per heavy atom. The van der Waals surface area contributed by atoms with Gasteiger partial charge in [-0.2, -0.15) is 15.3 Å². The molecule has 10 heteroatoms. The highest BCUT2D eigenvalue weighted by Crippen LogP contribution is 2.42. The molecule has 4 saturated carbocycles. The van der Waals surface area contributed by atoms with E-state index in [4.69, 9.17) is 9.84 Å². The fourth-order valence-electron chi connectivity index (χ4n) is 8.48.